The van der Waals surface area contributed by atoms with Crippen molar-refractivity contribution in [3.63, 3.8) is 0 Å². The van der Waals surface area contributed by atoms with Crippen molar-refractivity contribution in [2.45, 2.75) is 0 Å². The van der Waals surface area contributed by atoms with E-state index in [1.165, 1.54) is 10.9 Å². The predicted octanol–water partition coefficient (Wildman–Crippen LogP) is 0.0511. The van der Waals surface area contributed by atoms with Crippen LogP contribution in [0.1, 0.15) is 10.5 Å². The van der Waals surface area contributed by atoms with Gasteiger partial charge >= 0.3 is 5.97 Å². The lowest BCUT2D eigenvalue weighted by molar-refractivity contribution is 0.0686. The minimum Gasteiger partial charge on any atom is -0.476 e. The Bertz CT molecular complexity index is 418. The van der Waals surface area contributed by atoms with Gasteiger partial charge in [-0.25, -0.2) is 4.79 Å². The first-order valence-corrected chi connectivity index (χ1v) is 5.26. The molecule has 0 aromatic carbocycles. The molecule has 0 saturated carbocycles. The first-order valence-electron chi connectivity index (χ1n) is 4.85. The number of aryl methyl sites for hydroxylation is 1. The van der Waals surface area contributed by atoms with Crippen LogP contribution in [-0.2, 0) is 11.8 Å². The highest BCUT2D eigenvalue weighted by molar-refractivity contribution is 7.80. The number of rotatable bonds is 5. The van der Waals surface area contributed by atoms with Crippen LogP contribution in [0, 0.1) is 0 Å². The molecule has 0 radical (unpaired) electrons. The molecule has 0 saturated heterocycles. The molecule has 1 rings (SSSR count). The zero-order valence-electron chi connectivity index (χ0n) is 9.56. The zero-order chi connectivity index (χ0) is 12.8. The highest BCUT2D eigenvalue weighted by Crippen LogP contribution is 2.13. The number of methoxy groups -OCH3 is 1. The summed E-state index contributed by atoms with van der Waals surface area (Å²) < 4.78 is 6.11. The van der Waals surface area contributed by atoms with Crippen LogP contribution < -0.4 is 10.6 Å². The number of carbonyl (C=O) groups is 1. The van der Waals surface area contributed by atoms with Gasteiger partial charge in [0.15, 0.2) is 10.8 Å². The van der Waals surface area contributed by atoms with Crippen molar-refractivity contribution < 1.29 is 14.6 Å². The summed E-state index contributed by atoms with van der Waals surface area (Å²) in [6.07, 6.45) is 1.41. The molecule has 0 amide bonds. The Morgan fingerprint density at radius 3 is 3.00 bits per heavy atom. The average Bonchev–Trinajstić information content (AvgIpc) is 2.60. The summed E-state index contributed by atoms with van der Waals surface area (Å²) in [6, 6.07) is 0. The maximum absolute atomic E-state index is 11.0. The molecule has 0 aliphatic carbocycles. The van der Waals surface area contributed by atoms with E-state index in [0.717, 1.165) is 0 Å². The third kappa shape index (κ3) is 3.68. The van der Waals surface area contributed by atoms with E-state index in [0.29, 0.717) is 24.0 Å². The fourth-order valence-corrected chi connectivity index (χ4v) is 1.43. The topological polar surface area (TPSA) is 88.4 Å². The normalized spacial score (nSPS) is 10.0. The van der Waals surface area contributed by atoms with Gasteiger partial charge in [0.25, 0.3) is 0 Å². The number of carboxylic acid groups (broad SMARTS) is 1. The maximum atomic E-state index is 11.0. The Balaban J connectivity index is 2.62. The standard InChI is InChI=1S/C9H14N4O3S/c1-13-7(8(14)15)6(5-11-13)12-9(17)10-3-4-16-2/h5H,3-4H2,1-2H3,(H,14,15)(H2,10,12,17). The zero-order valence-corrected chi connectivity index (χ0v) is 10.4. The molecule has 0 unspecified atom stereocenters. The fraction of sp³-hybridized carbons (Fsp3) is 0.444. The molecule has 0 spiro atoms. The van der Waals surface area contributed by atoms with E-state index >= 15 is 0 Å². The van der Waals surface area contributed by atoms with E-state index in [2.05, 4.69) is 15.7 Å². The number of nitrogens with zero attached hydrogens (tertiary/aromatic N) is 2. The van der Waals surface area contributed by atoms with Crippen molar-refractivity contribution in [2.24, 2.45) is 7.05 Å². The molecule has 1 heterocycles. The van der Waals surface area contributed by atoms with Gasteiger partial charge in [-0.1, -0.05) is 0 Å². The number of anilines is 1. The number of ether oxygens (including phenoxy) is 1. The van der Waals surface area contributed by atoms with Gasteiger partial charge in [-0.2, -0.15) is 5.10 Å². The van der Waals surface area contributed by atoms with E-state index < -0.39 is 5.97 Å². The van der Waals surface area contributed by atoms with Gasteiger partial charge in [-0.3, -0.25) is 4.68 Å². The SMILES string of the molecule is COCCNC(=S)Nc1cnn(C)c1C(=O)O. The van der Waals surface area contributed by atoms with Gasteiger partial charge in [-0.15, -0.1) is 0 Å². The molecule has 0 bridgehead atoms. The molecule has 17 heavy (non-hydrogen) atoms. The van der Waals surface area contributed by atoms with E-state index in [1.807, 2.05) is 0 Å². The Hall–Kier alpha value is -1.67. The molecular weight excluding hydrogens is 244 g/mol. The summed E-state index contributed by atoms with van der Waals surface area (Å²) in [5, 5.41) is 18.8. The second-order valence-electron chi connectivity index (χ2n) is 3.21. The monoisotopic (exact) mass is 258 g/mol. The van der Waals surface area contributed by atoms with Crippen LogP contribution in [0.4, 0.5) is 5.69 Å². The lowest BCUT2D eigenvalue weighted by Gasteiger charge is -2.09. The minimum atomic E-state index is -1.06. The number of aromatic nitrogens is 2. The second kappa shape index (κ2) is 6.16. The lowest BCUT2D eigenvalue weighted by atomic mass is 10.3. The fourth-order valence-electron chi connectivity index (χ4n) is 1.22. The number of carboxylic acids is 1. The van der Waals surface area contributed by atoms with Crippen molar-refractivity contribution in [3.8, 4) is 0 Å². The van der Waals surface area contributed by atoms with Gasteiger partial charge in [0, 0.05) is 20.7 Å². The number of thiocarbonyl (C=S) groups is 1. The Morgan fingerprint density at radius 2 is 2.41 bits per heavy atom. The van der Waals surface area contributed by atoms with Crippen LogP contribution in [-0.4, -0.2) is 46.2 Å². The number of aromatic carboxylic acids is 1. The van der Waals surface area contributed by atoms with Crippen molar-refractivity contribution in [1.82, 2.24) is 15.1 Å². The largest absolute Gasteiger partial charge is 0.476 e. The molecule has 1 aromatic heterocycles. The Kier molecular flexibility index (Phi) is 4.85. The van der Waals surface area contributed by atoms with Crippen molar-refractivity contribution >= 4 is 29.0 Å². The van der Waals surface area contributed by atoms with Gasteiger partial charge in [0.2, 0.25) is 0 Å². The Morgan fingerprint density at radius 1 is 1.71 bits per heavy atom. The average molecular weight is 258 g/mol. The van der Waals surface area contributed by atoms with Crippen LogP contribution >= 0.6 is 12.2 Å². The molecule has 0 aliphatic rings. The van der Waals surface area contributed by atoms with Crippen molar-refractivity contribution in [1.29, 1.82) is 0 Å². The summed E-state index contributed by atoms with van der Waals surface area (Å²) in [7, 11) is 3.14. The number of hydrogen-bond donors (Lipinski definition) is 3. The molecule has 94 valence electrons. The van der Waals surface area contributed by atoms with E-state index in [1.54, 1.807) is 14.2 Å². The molecular formula is C9H14N4O3S. The summed E-state index contributed by atoms with van der Waals surface area (Å²) >= 11 is 5.00. The van der Waals surface area contributed by atoms with Crippen LogP contribution in [0.3, 0.4) is 0 Å². The number of hydrogen-bond acceptors (Lipinski definition) is 4. The molecule has 0 atom stereocenters. The van der Waals surface area contributed by atoms with Crippen LogP contribution in [0.2, 0.25) is 0 Å². The molecule has 7 nitrogen and oxygen atoms in total. The summed E-state index contributed by atoms with van der Waals surface area (Å²) in [4.78, 5) is 11.0. The minimum absolute atomic E-state index is 0.0564. The molecule has 0 aliphatic heterocycles. The summed E-state index contributed by atoms with van der Waals surface area (Å²) in [5.41, 5.74) is 0.413. The maximum Gasteiger partial charge on any atom is 0.356 e. The first kappa shape index (κ1) is 13.4. The van der Waals surface area contributed by atoms with Gasteiger partial charge < -0.3 is 20.5 Å². The highest BCUT2D eigenvalue weighted by atomic mass is 32.1. The van der Waals surface area contributed by atoms with Crippen molar-refractivity contribution in [2.75, 3.05) is 25.6 Å². The quantitative estimate of drug-likeness (QED) is 0.508. The summed E-state index contributed by atoms with van der Waals surface area (Å²) in [5.74, 6) is -1.06. The highest BCUT2D eigenvalue weighted by Gasteiger charge is 2.16. The predicted molar refractivity (Wildman–Crippen MR) is 66.3 cm³/mol. The molecule has 3 N–H and O–H groups in total. The van der Waals surface area contributed by atoms with Crippen LogP contribution in [0.5, 0.6) is 0 Å². The van der Waals surface area contributed by atoms with E-state index in [-0.39, 0.29) is 5.69 Å². The molecule has 1 aromatic rings. The number of nitrogens with one attached hydrogen (secondary N) is 2. The van der Waals surface area contributed by atoms with E-state index in [9.17, 15) is 4.79 Å². The van der Waals surface area contributed by atoms with Gasteiger partial charge in [-0.05, 0) is 12.2 Å². The Labute approximate surface area is 104 Å². The summed E-state index contributed by atoms with van der Waals surface area (Å²) in [6.45, 7) is 1.06. The lowest BCUT2D eigenvalue weighted by Crippen LogP contribution is -2.31. The second-order valence-corrected chi connectivity index (χ2v) is 3.62. The smallest absolute Gasteiger partial charge is 0.356 e. The van der Waals surface area contributed by atoms with Gasteiger partial charge in [0.05, 0.1) is 18.5 Å². The van der Waals surface area contributed by atoms with E-state index in [4.69, 9.17) is 22.1 Å². The van der Waals surface area contributed by atoms with Crippen LogP contribution in [0.25, 0.3) is 0 Å². The third-order valence-electron chi connectivity index (χ3n) is 1.98. The third-order valence-corrected chi connectivity index (χ3v) is 2.23. The molecule has 8 heteroatoms. The molecule has 0 fully saturated rings. The van der Waals surface area contributed by atoms with Crippen molar-refractivity contribution in [3.05, 3.63) is 11.9 Å². The van der Waals surface area contributed by atoms with Crippen LogP contribution in [0.15, 0.2) is 6.20 Å². The first-order chi connectivity index (χ1) is 8.06. The van der Waals surface area contributed by atoms with Gasteiger partial charge in [0.1, 0.15) is 0 Å².